The number of halogens is 1. The monoisotopic (exact) mass is 295 g/mol. The van der Waals surface area contributed by atoms with E-state index in [1.807, 2.05) is 12.1 Å². The number of rotatable bonds is 5. The summed E-state index contributed by atoms with van der Waals surface area (Å²) in [5, 5.41) is 0.795. The quantitative estimate of drug-likeness (QED) is 0.588. The van der Waals surface area contributed by atoms with E-state index in [9.17, 15) is 0 Å². The van der Waals surface area contributed by atoms with Crippen LogP contribution in [0.15, 0.2) is 24.4 Å². The molecular formula is C15H22ClNOSi. The zero-order chi connectivity index (χ0) is 13.9. The molecule has 19 heavy (non-hydrogen) atoms. The highest BCUT2D eigenvalue weighted by molar-refractivity contribution is 6.76. The predicted molar refractivity (Wildman–Crippen MR) is 85.0 cm³/mol. The van der Waals surface area contributed by atoms with Gasteiger partial charge in [-0.3, -0.25) is 0 Å². The van der Waals surface area contributed by atoms with E-state index in [0.29, 0.717) is 6.73 Å². The Morgan fingerprint density at radius 1 is 1.32 bits per heavy atom. The molecule has 0 amide bonds. The second-order valence-corrected chi connectivity index (χ2v) is 12.3. The van der Waals surface area contributed by atoms with Crippen molar-refractivity contribution in [1.82, 2.24) is 4.90 Å². The van der Waals surface area contributed by atoms with E-state index in [4.69, 9.17) is 16.3 Å². The van der Waals surface area contributed by atoms with Crippen LogP contribution in [0, 0.1) is 0 Å². The Balaban J connectivity index is 1.81. The van der Waals surface area contributed by atoms with Crippen molar-refractivity contribution < 1.29 is 4.74 Å². The maximum Gasteiger partial charge on any atom is 0.118 e. The molecule has 0 saturated heterocycles. The molecule has 1 heterocycles. The van der Waals surface area contributed by atoms with Crippen LogP contribution < -0.4 is 0 Å². The fourth-order valence-corrected chi connectivity index (χ4v) is 2.91. The number of fused-ring (bicyclic) bond motifs is 1. The summed E-state index contributed by atoms with van der Waals surface area (Å²) in [6.45, 7) is 9.55. The van der Waals surface area contributed by atoms with E-state index < -0.39 is 8.07 Å². The highest BCUT2D eigenvalue weighted by atomic mass is 35.5. The van der Waals surface area contributed by atoms with Crippen LogP contribution in [-0.4, -0.2) is 26.3 Å². The molecular weight excluding hydrogens is 274 g/mol. The summed E-state index contributed by atoms with van der Waals surface area (Å²) in [5.41, 5.74) is 2.52. The Bertz CT molecular complexity index is 468. The lowest BCUT2D eigenvalue weighted by atomic mass is 10.0. The molecule has 1 aliphatic heterocycles. The van der Waals surface area contributed by atoms with Gasteiger partial charge in [-0.2, -0.15) is 0 Å². The summed E-state index contributed by atoms with van der Waals surface area (Å²) in [6.07, 6.45) is 4.19. The maximum absolute atomic E-state index is 5.99. The Hall–Kier alpha value is -0.773. The molecule has 0 aliphatic carbocycles. The normalized spacial score (nSPS) is 14.6. The highest BCUT2D eigenvalue weighted by Gasteiger charge is 2.14. The van der Waals surface area contributed by atoms with Gasteiger partial charge in [-0.05, 0) is 35.4 Å². The van der Waals surface area contributed by atoms with Crippen molar-refractivity contribution in [1.29, 1.82) is 0 Å². The van der Waals surface area contributed by atoms with Gasteiger partial charge in [0.1, 0.15) is 6.73 Å². The molecule has 4 heteroatoms. The molecule has 104 valence electrons. The van der Waals surface area contributed by atoms with Gasteiger partial charge in [0.2, 0.25) is 0 Å². The van der Waals surface area contributed by atoms with Gasteiger partial charge in [-0.25, -0.2) is 0 Å². The van der Waals surface area contributed by atoms with Gasteiger partial charge in [0.15, 0.2) is 0 Å². The standard InChI is InChI=1S/C15H22ClNOSi/c1-19(2,3)9-8-18-12-17-7-6-13-10-15(16)5-4-14(13)11-17/h4-7,10H,8-9,11-12H2,1-3H3. The largest absolute Gasteiger partial charge is 0.361 e. The first-order chi connectivity index (χ1) is 8.94. The molecule has 0 spiro atoms. The minimum Gasteiger partial charge on any atom is -0.361 e. The van der Waals surface area contributed by atoms with E-state index in [-0.39, 0.29) is 0 Å². The minimum absolute atomic E-state index is 0.670. The lowest BCUT2D eigenvalue weighted by molar-refractivity contribution is 0.0580. The second kappa shape index (κ2) is 6.12. The Kier molecular flexibility index (Phi) is 4.71. The average molecular weight is 296 g/mol. The molecule has 0 bridgehead atoms. The van der Waals surface area contributed by atoms with Crippen molar-refractivity contribution in [2.45, 2.75) is 32.2 Å². The molecule has 0 N–H and O–H groups in total. The molecule has 1 aliphatic rings. The van der Waals surface area contributed by atoms with E-state index in [0.717, 1.165) is 18.2 Å². The first kappa shape index (κ1) is 14.6. The SMILES string of the molecule is C[Si](C)(C)CCOCN1C=Cc2cc(Cl)ccc2C1. The van der Waals surface area contributed by atoms with Crippen LogP contribution in [0.1, 0.15) is 11.1 Å². The van der Waals surface area contributed by atoms with Crippen molar-refractivity contribution in [3.8, 4) is 0 Å². The van der Waals surface area contributed by atoms with Gasteiger partial charge in [-0.15, -0.1) is 0 Å². The number of nitrogens with zero attached hydrogens (tertiary/aromatic N) is 1. The van der Waals surface area contributed by atoms with E-state index in [2.05, 4.69) is 42.9 Å². The lowest BCUT2D eigenvalue weighted by Crippen LogP contribution is -2.26. The number of benzene rings is 1. The summed E-state index contributed by atoms with van der Waals surface area (Å²) in [5.74, 6) is 0. The van der Waals surface area contributed by atoms with E-state index in [1.165, 1.54) is 17.2 Å². The van der Waals surface area contributed by atoms with Crippen molar-refractivity contribution in [3.63, 3.8) is 0 Å². The highest BCUT2D eigenvalue weighted by Crippen LogP contribution is 2.23. The molecule has 0 radical (unpaired) electrons. The summed E-state index contributed by atoms with van der Waals surface area (Å²) >= 11 is 5.99. The van der Waals surface area contributed by atoms with Gasteiger partial charge in [0.25, 0.3) is 0 Å². The van der Waals surface area contributed by atoms with Crippen LogP contribution in [0.3, 0.4) is 0 Å². The van der Waals surface area contributed by atoms with E-state index in [1.54, 1.807) is 0 Å². The van der Waals surface area contributed by atoms with Gasteiger partial charge in [0, 0.05) is 32.4 Å². The summed E-state index contributed by atoms with van der Waals surface area (Å²) in [4.78, 5) is 2.19. The zero-order valence-electron chi connectivity index (χ0n) is 11.9. The predicted octanol–water partition coefficient (Wildman–Crippen LogP) is 4.44. The van der Waals surface area contributed by atoms with Gasteiger partial charge in [0.05, 0.1) is 0 Å². The molecule has 2 nitrogen and oxygen atoms in total. The molecule has 0 fully saturated rings. The Labute approximate surface area is 122 Å². The number of hydrogen-bond acceptors (Lipinski definition) is 2. The molecule has 0 unspecified atom stereocenters. The van der Waals surface area contributed by atoms with Crippen molar-refractivity contribution in [2.24, 2.45) is 0 Å². The fraction of sp³-hybridized carbons (Fsp3) is 0.467. The van der Waals surface area contributed by atoms with Crippen molar-refractivity contribution >= 4 is 25.8 Å². The van der Waals surface area contributed by atoms with Crippen molar-refractivity contribution in [3.05, 3.63) is 40.5 Å². The summed E-state index contributed by atoms with van der Waals surface area (Å²) < 4.78 is 5.77. The fourth-order valence-electron chi connectivity index (χ4n) is 1.97. The summed E-state index contributed by atoms with van der Waals surface area (Å²) in [7, 11) is -0.984. The first-order valence-electron chi connectivity index (χ1n) is 6.72. The average Bonchev–Trinajstić information content (AvgIpc) is 2.33. The first-order valence-corrected chi connectivity index (χ1v) is 10.8. The van der Waals surface area contributed by atoms with Gasteiger partial charge in [-0.1, -0.05) is 37.3 Å². The molecule has 1 aromatic rings. The molecule has 0 saturated carbocycles. The van der Waals surface area contributed by atoms with Crippen LogP contribution in [0.2, 0.25) is 30.7 Å². The zero-order valence-corrected chi connectivity index (χ0v) is 13.7. The van der Waals surface area contributed by atoms with Gasteiger partial charge >= 0.3 is 0 Å². The second-order valence-electron chi connectivity index (χ2n) is 6.25. The third kappa shape index (κ3) is 4.68. The Morgan fingerprint density at radius 2 is 2.11 bits per heavy atom. The third-order valence-corrected chi connectivity index (χ3v) is 5.14. The van der Waals surface area contributed by atoms with E-state index >= 15 is 0 Å². The molecule has 0 atom stereocenters. The van der Waals surface area contributed by atoms with Crippen molar-refractivity contribution in [2.75, 3.05) is 13.3 Å². The van der Waals surface area contributed by atoms with Crippen LogP contribution in [-0.2, 0) is 11.3 Å². The minimum atomic E-state index is -0.984. The van der Waals surface area contributed by atoms with Crippen LogP contribution in [0.25, 0.3) is 6.08 Å². The van der Waals surface area contributed by atoms with Gasteiger partial charge < -0.3 is 9.64 Å². The van der Waals surface area contributed by atoms with Crippen LogP contribution >= 0.6 is 11.6 Å². The number of hydrogen-bond donors (Lipinski definition) is 0. The lowest BCUT2D eigenvalue weighted by Gasteiger charge is -2.26. The smallest absolute Gasteiger partial charge is 0.118 e. The van der Waals surface area contributed by atoms with Crippen LogP contribution in [0.5, 0.6) is 0 Å². The topological polar surface area (TPSA) is 12.5 Å². The van der Waals surface area contributed by atoms with Crippen LogP contribution in [0.4, 0.5) is 0 Å². The molecule has 1 aromatic carbocycles. The molecule has 2 rings (SSSR count). The Morgan fingerprint density at radius 3 is 2.84 bits per heavy atom. The third-order valence-electron chi connectivity index (χ3n) is 3.20. The summed E-state index contributed by atoms with van der Waals surface area (Å²) in [6, 6.07) is 7.27. The molecule has 0 aromatic heterocycles. The maximum atomic E-state index is 5.99. The number of ether oxygens (including phenoxy) is 1.